The minimum atomic E-state index is 0.137. The third-order valence-electron chi connectivity index (χ3n) is 4.49. The van der Waals surface area contributed by atoms with Crippen LogP contribution in [0.5, 0.6) is 11.5 Å². The standard InChI is InChI=1S/C20H16N4O2S/c25-16-11-13(19-23-15-4-1-2-5-17(15)27-19)10-14-12-24(8-9-26-18(14)16)20-21-6-3-7-22-20/h1-7,10-11,25H,8-9,12H2. The molecule has 3 heterocycles. The van der Waals surface area contributed by atoms with E-state index in [0.717, 1.165) is 26.4 Å². The van der Waals surface area contributed by atoms with Gasteiger partial charge in [-0.25, -0.2) is 15.0 Å². The Labute approximate surface area is 159 Å². The van der Waals surface area contributed by atoms with Crippen LogP contribution >= 0.6 is 11.3 Å². The summed E-state index contributed by atoms with van der Waals surface area (Å²) in [6.07, 6.45) is 3.45. The first kappa shape index (κ1) is 16.0. The van der Waals surface area contributed by atoms with Crippen LogP contribution in [0.2, 0.25) is 0 Å². The Hall–Kier alpha value is -3.19. The van der Waals surface area contributed by atoms with Crippen LogP contribution < -0.4 is 9.64 Å². The predicted molar refractivity (Wildman–Crippen MR) is 105 cm³/mol. The molecule has 0 fully saturated rings. The molecule has 5 rings (SSSR count). The molecule has 2 aromatic heterocycles. The molecule has 0 aliphatic carbocycles. The molecule has 6 nitrogen and oxygen atoms in total. The molecule has 0 saturated heterocycles. The number of hydrogen-bond acceptors (Lipinski definition) is 7. The maximum Gasteiger partial charge on any atom is 0.225 e. The van der Waals surface area contributed by atoms with Crippen molar-refractivity contribution in [3.05, 3.63) is 60.4 Å². The minimum absolute atomic E-state index is 0.137. The average molecular weight is 376 g/mol. The molecule has 134 valence electrons. The molecule has 4 aromatic rings. The number of fused-ring (bicyclic) bond motifs is 2. The van der Waals surface area contributed by atoms with E-state index < -0.39 is 0 Å². The Kier molecular flexibility index (Phi) is 3.86. The number of phenolic OH excluding ortho intramolecular Hbond substituents is 1. The highest BCUT2D eigenvalue weighted by Gasteiger charge is 2.22. The van der Waals surface area contributed by atoms with Crippen molar-refractivity contribution in [3.8, 4) is 22.1 Å². The number of phenols is 1. The van der Waals surface area contributed by atoms with Gasteiger partial charge in [0.2, 0.25) is 5.95 Å². The maximum atomic E-state index is 10.6. The number of ether oxygens (including phenoxy) is 1. The van der Waals surface area contributed by atoms with Gasteiger partial charge < -0.3 is 14.7 Å². The molecule has 0 bridgehead atoms. The summed E-state index contributed by atoms with van der Waals surface area (Å²) in [4.78, 5) is 15.4. The largest absolute Gasteiger partial charge is 0.504 e. The van der Waals surface area contributed by atoms with Crippen molar-refractivity contribution in [1.29, 1.82) is 0 Å². The highest BCUT2D eigenvalue weighted by atomic mass is 32.1. The van der Waals surface area contributed by atoms with Crippen LogP contribution in [0.1, 0.15) is 5.56 Å². The van der Waals surface area contributed by atoms with Crippen LogP contribution in [0.4, 0.5) is 5.95 Å². The number of nitrogens with zero attached hydrogens (tertiary/aromatic N) is 4. The highest BCUT2D eigenvalue weighted by molar-refractivity contribution is 7.21. The SMILES string of the molecule is Oc1cc(-c2nc3ccccc3s2)cc2c1OCCN(c1ncccn1)C2. The highest BCUT2D eigenvalue weighted by Crippen LogP contribution is 2.39. The maximum absolute atomic E-state index is 10.6. The molecule has 0 unspecified atom stereocenters. The van der Waals surface area contributed by atoms with Gasteiger partial charge in [-0.2, -0.15) is 0 Å². The zero-order valence-electron chi connectivity index (χ0n) is 14.4. The normalized spacial score (nSPS) is 13.9. The Morgan fingerprint density at radius 1 is 1.07 bits per heavy atom. The van der Waals surface area contributed by atoms with E-state index >= 15 is 0 Å². The van der Waals surface area contributed by atoms with Gasteiger partial charge in [0.15, 0.2) is 11.5 Å². The molecule has 0 radical (unpaired) electrons. The van der Waals surface area contributed by atoms with Crippen molar-refractivity contribution >= 4 is 27.5 Å². The Balaban J connectivity index is 1.57. The molecule has 1 aliphatic rings. The van der Waals surface area contributed by atoms with Crippen LogP contribution in [-0.2, 0) is 6.54 Å². The molecular formula is C20H16N4O2S. The summed E-state index contributed by atoms with van der Waals surface area (Å²) in [7, 11) is 0. The second-order valence-corrected chi connectivity index (χ2v) is 7.32. The lowest BCUT2D eigenvalue weighted by Gasteiger charge is -2.19. The molecule has 0 spiro atoms. The number of aromatic hydroxyl groups is 1. The first-order valence-corrected chi connectivity index (χ1v) is 9.46. The summed E-state index contributed by atoms with van der Waals surface area (Å²) >= 11 is 1.61. The molecular weight excluding hydrogens is 360 g/mol. The van der Waals surface area contributed by atoms with Crippen molar-refractivity contribution < 1.29 is 9.84 Å². The van der Waals surface area contributed by atoms with E-state index in [-0.39, 0.29) is 5.75 Å². The lowest BCUT2D eigenvalue weighted by Crippen LogP contribution is -2.26. The first-order valence-electron chi connectivity index (χ1n) is 8.64. The lowest BCUT2D eigenvalue weighted by molar-refractivity contribution is 0.311. The minimum Gasteiger partial charge on any atom is -0.504 e. The van der Waals surface area contributed by atoms with Gasteiger partial charge in [0.05, 0.1) is 16.8 Å². The second-order valence-electron chi connectivity index (χ2n) is 6.29. The third kappa shape index (κ3) is 2.96. The van der Waals surface area contributed by atoms with Crippen LogP contribution in [0.25, 0.3) is 20.8 Å². The summed E-state index contributed by atoms with van der Waals surface area (Å²) in [5.74, 6) is 1.31. The number of benzene rings is 2. The Morgan fingerprint density at radius 3 is 2.78 bits per heavy atom. The van der Waals surface area contributed by atoms with Gasteiger partial charge in [0.25, 0.3) is 0 Å². The molecule has 2 aromatic carbocycles. The molecule has 0 saturated carbocycles. The third-order valence-corrected chi connectivity index (χ3v) is 5.58. The average Bonchev–Trinajstić information content (AvgIpc) is 3.01. The van der Waals surface area contributed by atoms with Gasteiger partial charge in [-0.15, -0.1) is 11.3 Å². The van der Waals surface area contributed by atoms with Crippen molar-refractivity contribution in [3.63, 3.8) is 0 Å². The zero-order valence-corrected chi connectivity index (χ0v) is 15.2. The van der Waals surface area contributed by atoms with Gasteiger partial charge in [0, 0.05) is 30.1 Å². The fraction of sp³-hybridized carbons (Fsp3) is 0.150. The van der Waals surface area contributed by atoms with Gasteiger partial charge in [0.1, 0.15) is 11.6 Å². The van der Waals surface area contributed by atoms with Crippen LogP contribution in [0.3, 0.4) is 0 Å². The number of rotatable bonds is 2. The summed E-state index contributed by atoms with van der Waals surface area (Å²) in [5, 5.41) is 11.4. The topological polar surface area (TPSA) is 71.4 Å². The van der Waals surface area contributed by atoms with Crippen molar-refractivity contribution in [2.75, 3.05) is 18.1 Å². The van der Waals surface area contributed by atoms with Gasteiger partial charge in [-0.3, -0.25) is 0 Å². The Morgan fingerprint density at radius 2 is 1.93 bits per heavy atom. The zero-order chi connectivity index (χ0) is 18.2. The van der Waals surface area contributed by atoms with Crippen molar-refractivity contribution in [2.24, 2.45) is 0 Å². The molecule has 1 N–H and O–H groups in total. The van der Waals surface area contributed by atoms with Crippen LogP contribution in [0, 0.1) is 0 Å². The summed E-state index contributed by atoms with van der Waals surface area (Å²) in [5.41, 5.74) is 2.74. The quantitative estimate of drug-likeness (QED) is 0.573. The van der Waals surface area contributed by atoms with Crippen LogP contribution in [0.15, 0.2) is 54.9 Å². The molecule has 7 heteroatoms. The second kappa shape index (κ2) is 6.51. The molecule has 0 atom stereocenters. The summed E-state index contributed by atoms with van der Waals surface area (Å²) < 4.78 is 6.94. The molecule has 1 aliphatic heterocycles. The molecule has 0 amide bonds. The van der Waals surface area contributed by atoms with E-state index in [2.05, 4.69) is 16.0 Å². The van der Waals surface area contributed by atoms with Crippen LogP contribution in [-0.4, -0.2) is 33.2 Å². The number of thiazole rings is 1. The first-order chi connectivity index (χ1) is 13.3. The Bertz CT molecular complexity index is 1080. The van der Waals surface area contributed by atoms with E-state index in [9.17, 15) is 5.11 Å². The smallest absolute Gasteiger partial charge is 0.225 e. The van der Waals surface area contributed by atoms with E-state index in [1.54, 1.807) is 35.9 Å². The van der Waals surface area contributed by atoms with E-state index in [1.165, 1.54) is 0 Å². The molecule has 27 heavy (non-hydrogen) atoms. The van der Waals surface area contributed by atoms with Gasteiger partial charge in [-0.05, 0) is 30.3 Å². The van der Waals surface area contributed by atoms with Crippen molar-refractivity contribution in [1.82, 2.24) is 15.0 Å². The summed E-state index contributed by atoms with van der Waals surface area (Å²) in [6.45, 7) is 1.67. The van der Waals surface area contributed by atoms with E-state index in [4.69, 9.17) is 9.72 Å². The fourth-order valence-electron chi connectivity index (χ4n) is 3.24. The number of hydrogen-bond donors (Lipinski definition) is 1. The van der Waals surface area contributed by atoms with E-state index in [1.807, 2.05) is 29.2 Å². The van der Waals surface area contributed by atoms with E-state index in [0.29, 0.717) is 31.4 Å². The lowest BCUT2D eigenvalue weighted by atomic mass is 10.1. The van der Waals surface area contributed by atoms with Gasteiger partial charge in [-0.1, -0.05) is 12.1 Å². The van der Waals surface area contributed by atoms with Crippen molar-refractivity contribution in [2.45, 2.75) is 6.54 Å². The fourth-order valence-corrected chi connectivity index (χ4v) is 4.20. The number of para-hydroxylation sites is 1. The monoisotopic (exact) mass is 376 g/mol. The number of anilines is 1. The summed E-state index contributed by atoms with van der Waals surface area (Å²) in [6, 6.07) is 13.6. The van der Waals surface area contributed by atoms with Gasteiger partial charge >= 0.3 is 0 Å². The predicted octanol–water partition coefficient (Wildman–Crippen LogP) is 3.86. The number of aromatic nitrogens is 3.